The monoisotopic (exact) mass is 498 g/mol. The molecule has 3 aromatic carbocycles. The van der Waals surface area contributed by atoms with Gasteiger partial charge in [-0.1, -0.05) is 48.5 Å². The van der Waals surface area contributed by atoms with Gasteiger partial charge in [0, 0.05) is 11.6 Å². The molecule has 1 amide bonds. The van der Waals surface area contributed by atoms with Crippen LogP contribution in [0.4, 0.5) is 14.5 Å². The van der Waals surface area contributed by atoms with Gasteiger partial charge in [0.1, 0.15) is 11.6 Å². The van der Waals surface area contributed by atoms with Crippen LogP contribution in [0.15, 0.2) is 84.9 Å². The molecular formula is C28H20F2N4O3. The van der Waals surface area contributed by atoms with Crippen LogP contribution < -0.4 is 5.32 Å². The van der Waals surface area contributed by atoms with Gasteiger partial charge in [0.05, 0.1) is 33.7 Å². The summed E-state index contributed by atoms with van der Waals surface area (Å²) in [5, 5.41) is 7.35. The van der Waals surface area contributed by atoms with Crippen molar-refractivity contribution in [2.24, 2.45) is 0 Å². The molecule has 0 aliphatic rings. The molecule has 0 fully saturated rings. The highest BCUT2D eigenvalue weighted by atomic mass is 19.1. The number of para-hydroxylation sites is 1. The Morgan fingerprint density at radius 2 is 1.65 bits per heavy atom. The molecule has 0 bridgehead atoms. The molecule has 2 heterocycles. The number of fused-ring (bicyclic) bond motifs is 1. The minimum Gasteiger partial charge on any atom is -0.452 e. The second-order valence-electron chi connectivity index (χ2n) is 8.20. The average molecular weight is 498 g/mol. The van der Waals surface area contributed by atoms with Crippen molar-refractivity contribution in [1.29, 1.82) is 0 Å². The summed E-state index contributed by atoms with van der Waals surface area (Å²) in [5.74, 6) is -3.25. The predicted octanol–water partition coefficient (Wildman–Crippen LogP) is 5.47. The van der Waals surface area contributed by atoms with E-state index in [4.69, 9.17) is 9.72 Å². The summed E-state index contributed by atoms with van der Waals surface area (Å²) >= 11 is 0. The number of carbonyl (C=O) groups is 2. The third-order valence-electron chi connectivity index (χ3n) is 5.64. The highest BCUT2D eigenvalue weighted by Crippen LogP contribution is 2.29. The number of amides is 1. The van der Waals surface area contributed by atoms with Crippen molar-refractivity contribution in [3.63, 3.8) is 0 Å². The van der Waals surface area contributed by atoms with Crippen LogP contribution in [-0.4, -0.2) is 33.2 Å². The molecule has 1 N–H and O–H groups in total. The zero-order chi connectivity index (χ0) is 25.9. The van der Waals surface area contributed by atoms with Crippen LogP contribution in [0, 0.1) is 18.6 Å². The smallest absolute Gasteiger partial charge is 0.339 e. The number of aromatic nitrogens is 3. The molecule has 5 rings (SSSR count). The minimum absolute atomic E-state index is 0.185. The van der Waals surface area contributed by atoms with E-state index in [1.165, 1.54) is 0 Å². The van der Waals surface area contributed by atoms with E-state index in [0.29, 0.717) is 28.5 Å². The molecule has 0 spiro atoms. The second-order valence-corrected chi connectivity index (χ2v) is 8.20. The van der Waals surface area contributed by atoms with Gasteiger partial charge >= 0.3 is 5.97 Å². The lowest BCUT2D eigenvalue weighted by atomic mass is 10.1. The van der Waals surface area contributed by atoms with Gasteiger partial charge < -0.3 is 10.1 Å². The third-order valence-corrected chi connectivity index (χ3v) is 5.64. The Bertz CT molecular complexity index is 1620. The molecule has 9 heteroatoms. The molecule has 0 radical (unpaired) electrons. The van der Waals surface area contributed by atoms with Gasteiger partial charge in [-0.25, -0.2) is 23.2 Å². The Morgan fingerprint density at radius 1 is 0.946 bits per heavy atom. The van der Waals surface area contributed by atoms with Crippen molar-refractivity contribution >= 4 is 28.6 Å². The number of rotatable bonds is 6. The number of esters is 1. The summed E-state index contributed by atoms with van der Waals surface area (Å²) < 4.78 is 33.9. The van der Waals surface area contributed by atoms with Gasteiger partial charge in [-0.05, 0) is 37.3 Å². The third kappa shape index (κ3) is 4.92. The largest absolute Gasteiger partial charge is 0.452 e. The number of aryl methyl sites for hydroxylation is 1. The molecule has 0 aliphatic carbocycles. The van der Waals surface area contributed by atoms with Crippen LogP contribution in [0.25, 0.3) is 28.0 Å². The van der Waals surface area contributed by atoms with E-state index >= 15 is 0 Å². The van der Waals surface area contributed by atoms with Crippen LogP contribution in [0.1, 0.15) is 16.1 Å². The van der Waals surface area contributed by atoms with Gasteiger partial charge in [0.2, 0.25) is 0 Å². The Labute approximate surface area is 210 Å². The number of carbonyl (C=O) groups excluding carboxylic acids is 2. The van der Waals surface area contributed by atoms with Crippen molar-refractivity contribution < 1.29 is 23.1 Å². The van der Waals surface area contributed by atoms with E-state index in [0.717, 1.165) is 23.4 Å². The van der Waals surface area contributed by atoms with Crippen molar-refractivity contribution in [3.05, 3.63) is 108 Å². The van der Waals surface area contributed by atoms with E-state index in [1.54, 1.807) is 17.7 Å². The summed E-state index contributed by atoms with van der Waals surface area (Å²) in [6.45, 7) is 1.08. The predicted molar refractivity (Wildman–Crippen MR) is 134 cm³/mol. The van der Waals surface area contributed by atoms with Crippen molar-refractivity contribution in [1.82, 2.24) is 14.8 Å². The Morgan fingerprint density at radius 3 is 2.35 bits per heavy atom. The normalized spacial score (nSPS) is 10.9. The number of hydrogen-bond donors (Lipinski definition) is 1. The first-order valence-corrected chi connectivity index (χ1v) is 11.3. The molecule has 0 unspecified atom stereocenters. The molecule has 184 valence electrons. The van der Waals surface area contributed by atoms with E-state index in [1.807, 2.05) is 60.7 Å². The van der Waals surface area contributed by atoms with E-state index in [-0.39, 0.29) is 11.3 Å². The van der Waals surface area contributed by atoms with Crippen LogP contribution in [-0.2, 0) is 9.53 Å². The van der Waals surface area contributed by atoms with Crippen molar-refractivity contribution in [2.45, 2.75) is 6.92 Å². The first-order chi connectivity index (χ1) is 17.9. The number of pyridine rings is 1. The Kier molecular flexibility index (Phi) is 6.42. The lowest BCUT2D eigenvalue weighted by Crippen LogP contribution is -2.21. The number of nitrogens with zero attached hydrogens (tertiary/aromatic N) is 3. The van der Waals surface area contributed by atoms with Crippen LogP contribution >= 0.6 is 0 Å². The fraction of sp³-hybridized carbons (Fsp3) is 0.0714. The van der Waals surface area contributed by atoms with Crippen molar-refractivity contribution in [2.75, 3.05) is 11.9 Å². The van der Waals surface area contributed by atoms with Crippen molar-refractivity contribution in [3.8, 4) is 16.9 Å². The van der Waals surface area contributed by atoms with E-state index in [9.17, 15) is 18.4 Å². The van der Waals surface area contributed by atoms with E-state index < -0.39 is 30.1 Å². The fourth-order valence-electron chi connectivity index (χ4n) is 3.94. The maximum atomic E-state index is 13.9. The number of benzene rings is 3. The standard InChI is InChI=1S/C28H20F2N4O3/c1-17-26-21(28(36)37-16-25(35)31-23-13-12-19(29)14-22(23)30)15-24(18-8-4-2-5-9-18)32-27(26)34(33-17)20-10-6-3-7-11-20/h2-15H,16H2,1H3,(H,31,35). The fourth-order valence-corrected chi connectivity index (χ4v) is 3.94. The quantitative estimate of drug-likeness (QED) is 0.314. The molecule has 2 aromatic heterocycles. The number of anilines is 1. The minimum atomic E-state index is -0.938. The summed E-state index contributed by atoms with van der Waals surface area (Å²) in [7, 11) is 0. The van der Waals surface area contributed by atoms with Gasteiger partial charge in [-0.3, -0.25) is 4.79 Å². The Hall–Kier alpha value is -4.92. The highest BCUT2D eigenvalue weighted by molar-refractivity contribution is 6.06. The summed E-state index contributed by atoms with van der Waals surface area (Å²) in [4.78, 5) is 30.3. The van der Waals surface area contributed by atoms with Crippen LogP contribution in [0.2, 0.25) is 0 Å². The molecule has 5 aromatic rings. The van der Waals surface area contributed by atoms with Gasteiger partial charge in [0.25, 0.3) is 5.91 Å². The zero-order valence-corrected chi connectivity index (χ0v) is 19.6. The highest BCUT2D eigenvalue weighted by Gasteiger charge is 2.22. The van der Waals surface area contributed by atoms with Gasteiger partial charge in [-0.15, -0.1) is 0 Å². The maximum absolute atomic E-state index is 13.9. The van der Waals surface area contributed by atoms with Gasteiger partial charge in [0.15, 0.2) is 12.3 Å². The number of hydrogen-bond acceptors (Lipinski definition) is 5. The summed E-state index contributed by atoms with van der Waals surface area (Å²) in [6.07, 6.45) is 0. The SMILES string of the molecule is Cc1nn(-c2ccccc2)c2nc(-c3ccccc3)cc(C(=O)OCC(=O)Nc3ccc(F)cc3F)c12. The summed E-state index contributed by atoms with van der Waals surface area (Å²) in [6, 6.07) is 23.0. The first-order valence-electron chi connectivity index (χ1n) is 11.3. The number of ether oxygens (including phenoxy) is 1. The molecule has 0 aliphatic heterocycles. The molecule has 0 atom stereocenters. The molecule has 37 heavy (non-hydrogen) atoms. The van der Waals surface area contributed by atoms with E-state index in [2.05, 4.69) is 10.4 Å². The zero-order valence-electron chi connectivity index (χ0n) is 19.6. The second kappa shape index (κ2) is 9.98. The lowest BCUT2D eigenvalue weighted by molar-refractivity contribution is -0.119. The van der Waals surface area contributed by atoms with Crippen LogP contribution in [0.3, 0.4) is 0 Å². The molecule has 0 saturated carbocycles. The molecule has 0 saturated heterocycles. The topological polar surface area (TPSA) is 86.1 Å². The Balaban J connectivity index is 1.49. The maximum Gasteiger partial charge on any atom is 0.339 e. The van der Waals surface area contributed by atoms with Gasteiger partial charge in [-0.2, -0.15) is 5.10 Å². The summed E-state index contributed by atoms with van der Waals surface area (Å²) in [5.41, 5.74) is 3.03. The lowest BCUT2D eigenvalue weighted by Gasteiger charge is -2.10. The molecule has 7 nitrogen and oxygen atoms in total. The number of nitrogens with one attached hydrogen (secondary N) is 1. The average Bonchev–Trinajstić information content (AvgIpc) is 3.25. The first kappa shape index (κ1) is 23.8. The number of halogens is 2. The van der Waals surface area contributed by atoms with Crippen LogP contribution in [0.5, 0.6) is 0 Å². The molecular weight excluding hydrogens is 478 g/mol.